The molecule has 0 aliphatic carbocycles. The van der Waals surface area contributed by atoms with E-state index in [0.29, 0.717) is 4.77 Å². The van der Waals surface area contributed by atoms with E-state index in [9.17, 15) is 0 Å². The molecule has 0 radical (unpaired) electrons. The van der Waals surface area contributed by atoms with Gasteiger partial charge in [-0.2, -0.15) is 14.9 Å². The fourth-order valence-electron chi connectivity index (χ4n) is 2.01. The van der Waals surface area contributed by atoms with Crippen molar-refractivity contribution in [1.29, 1.82) is 0 Å². The van der Waals surface area contributed by atoms with E-state index in [1.807, 2.05) is 25.3 Å². The Morgan fingerprint density at radius 1 is 1.50 bits per heavy atom. The predicted octanol–water partition coefficient (Wildman–Crippen LogP) is 3.63. The lowest BCUT2D eigenvalue weighted by Gasteiger charge is -1.96. The van der Waals surface area contributed by atoms with Crippen LogP contribution in [0.3, 0.4) is 0 Å². The van der Waals surface area contributed by atoms with Crippen molar-refractivity contribution in [2.75, 3.05) is 0 Å². The van der Waals surface area contributed by atoms with Gasteiger partial charge in [-0.25, -0.2) is 0 Å². The number of hydrogen-bond acceptors (Lipinski definition) is 3. The summed E-state index contributed by atoms with van der Waals surface area (Å²) in [5, 5.41) is 12.4. The molecule has 2 aromatic heterocycles. The number of rotatable bonds is 3. The quantitative estimate of drug-likeness (QED) is 0.560. The van der Waals surface area contributed by atoms with E-state index in [4.69, 9.17) is 12.2 Å². The molecule has 0 aliphatic rings. The van der Waals surface area contributed by atoms with Gasteiger partial charge in [-0.3, -0.25) is 5.10 Å². The Morgan fingerprint density at radius 3 is 3.15 bits per heavy atom. The normalized spacial score (nSPS) is 11.7. The van der Waals surface area contributed by atoms with Gasteiger partial charge >= 0.3 is 0 Å². The number of nitrogens with one attached hydrogen (secondary N) is 2. The molecule has 2 N–H and O–H groups in total. The average molecular weight is 350 g/mol. The van der Waals surface area contributed by atoms with Gasteiger partial charge in [-0.15, -0.1) is 0 Å². The molecule has 3 aromatic rings. The van der Waals surface area contributed by atoms with Gasteiger partial charge in [0.25, 0.3) is 0 Å². The summed E-state index contributed by atoms with van der Waals surface area (Å²) in [6.07, 6.45) is 4.48. The van der Waals surface area contributed by atoms with Gasteiger partial charge in [0.05, 0.1) is 6.21 Å². The van der Waals surface area contributed by atoms with Crippen molar-refractivity contribution in [2.24, 2.45) is 5.10 Å². The number of nitrogens with zero attached hydrogens (tertiary/aromatic N) is 3. The average Bonchev–Trinajstić information content (AvgIpc) is 3.00. The first-order valence-electron chi connectivity index (χ1n) is 6.16. The van der Waals surface area contributed by atoms with Gasteiger partial charge in [0.1, 0.15) is 0 Å². The van der Waals surface area contributed by atoms with Crippen molar-refractivity contribution in [3.8, 4) is 0 Å². The van der Waals surface area contributed by atoms with Crippen molar-refractivity contribution in [3.05, 3.63) is 45.0 Å². The monoisotopic (exact) mass is 349 g/mol. The summed E-state index contributed by atoms with van der Waals surface area (Å²) in [7, 11) is 0. The van der Waals surface area contributed by atoms with Crippen molar-refractivity contribution < 1.29 is 0 Å². The highest BCUT2D eigenvalue weighted by Gasteiger charge is 2.04. The largest absolute Gasteiger partial charge is 0.361 e. The first-order valence-corrected chi connectivity index (χ1v) is 7.36. The summed E-state index contributed by atoms with van der Waals surface area (Å²) >= 11 is 8.65. The van der Waals surface area contributed by atoms with Gasteiger partial charge in [0, 0.05) is 33.6 Å². The Bertz CT molecular complexity index is 842. The lowest BCUT2D eigenvalue weighted by molar-refractivity contribution is 0.780. The van der Waals surface area contributed by atoms with Gasteiger partial charge in [0.2, 0.25) is 4.77 Å². The van der Waals surface area contributed by atoms with Gasteiger partial charge in [-0.05, 0) is 30.4 Å². The number of benzene rings is 1. The van der Waals surface area contributed by atoms with Gasteiger partial charge in [-0.1, -0.05) is 22.9 Å². The number of aromatic nitrogens is 4. The molecule has 0 unspecified atom stereocenters. The van der Waals surface area contributed by atoms with Crippen LogP contribution in [0.1, 0.15) is 18.3 Å². The minimum Gasteiger partial charge on any atom is -0.361 e. The molecule has 20 heavy (non-hydrogen) atoms. The molecule has 0 saturated carbocycles. The maximum atomic E-state index is 5.17. The lowest BCUT2D eigenvalue weighted by atomic mass is 10.2. The third-order valence-electron chi connectivity index (χ3n) is 3.02. The zero-order valence-corrected chi connectivity index (χ0v) is 13.1. The van der Waals surface area contributed by atoms with Gasteiger partial charge < -0.3 is 4.98 Å². The number of aryl methyl sites for hydroxylation is 1. The summed E-state index contributed by atoms with van der Waals surface area (Å²) in [5.41, 5.74) is 2.08. The first kappa shape index (κ1) is 13.3. The topological polar surface area (TPSA) is 61.8 Å². The van der Waals surface area contributed by atoms with E-state index < -0.39 is 0 Å². The predicted molar refractivity (Wildman–Crippen MR) is 85.8 cm³/mol. The molecular formula is C13H12BrN5S. The third kappa shape index (κ3) is 2.34. The van der Waals surface area contributed by atoms with Gasteiger partial charge in [0.15, 0.2) is 5.82 Å². The van der Waals surface area contributed by atoms with E-state index >= 15 is 0 Å². The molecule has 0 spiro atoms. The Labute approximate surface area is 128 Å². The van der Waals surface area contributed by atoms with Crippen molar-refractivity contribution >= 4 is 45.3 Å². The van der Waals surface area contributed by atoms with E-state index in [1.54, 1.807) is 10.9 Å². The molecular weight excluding hydrogens is 338 g/mol. The molecule has 0 bridgehead atoms. The first-order chi connectivity index (χ1) is 9.69. The van der Waals surface area contributed by atoms with Crippen molar-refractivity contribution in [1.82, 2.24) is 19.9 Å². The van der Waals surface area contributed by atoms with E-state index in [0.717, 1.165) is 33.2 Å². The Hall–Kier alpha value is -1.73. The van der Waals surface area contributed by atoms with Crippen molar-refractivity contribution in [2.45, 2.75) is 13.3 Å². The summed E-state index contributed by atoms with van der Waals surface area (Å²) in [6, 6.07) is 6.08. The number of fused-ring (bicyclic) bond motifs is 1. The number of halogens is 1. The number of hydrogen-bond donors (Lipinski definition) is 2. The summed E-state index contributed by atoms with van der Waals surface area (Å²) < 4.78 is 3.18. The minimum absolute atomic E-state index is 0.499. The fourth-order valence-corrected chi connectivity index (χ4v) is 2.57. The Morgan fingerprint density at radius 2 is 2.35 bits per heavy atom. The molecule has 1 aromatic carbocycles. The van der Waals surface area contributed by atoms with Crippen LogP contribution in [0.25, 0.3) is 10.9 Å². The summed E-state index contributed by atoms with van der Waals surface area (Å²) in [4.78, 5) is 3.22. The molecule has 7 heteroatoms. The van der Waals surface area contributed by atoms with Crippen molar-refractivity contribution in [3.63, 3.8) is 0 Å². The van der Waals surface area contributed by atoms with Crippen LogP contribution in [0.5, 0.6) is 0 Å². The maximum Gasteiger partial charge on any atom is 0.216 e. The fraction of sp³-hybridized carbons (Fsp3) is 0.154. The molecule has 0 saturated heterocycles. The van der Waals surface area contributed by atoms with E-state index in [1.165, 1.54) is 0 Å². The zero-order valence-electron chi connectivity index (χ0n) is 10.7. The molecule has 0 amide bonds. The highest BCUT2D eigenvalue weighted by atomic mass is 79.9. The maximum absolute atomic E-state index is 5.17. The number of H-pyrrole nitrogens is 2. The molecule has 2 heterocycles. The van der Waals surface area contributed by atoms with Crippen LogP contribution in [-0.4, -0.2) is 26.1 Å². The van der Waals surface area contributed by atoms with Crippen LogP contribution < -0.4 is 0 Å². The lowest BCUT2D eigenvalue weighted by Crippen LogP contribution is -1.97. The molecule has 0 aliphatic heterocycles. The highest BCUT2D eigenvalue weighted by Crippen LogP contribution is 2.21. The smallest absolute Gasteiger partial charge is 0.216 e. The van der Waals surface area contributed by atoms with Crippen LogP contribution in [0.2, 0.25) is 0 Å². The summed E-state index contributed by atoms with van der Waals surface area (Å²) in [5.74, 6) is 0.812. The van der Waals surface area contributed by atoms with E-state index in [2.05, 4.69) is 42.3 Å². The zero-order chi connectivity index (χ0) is 14.1. The third-order valence-corrected chi connectivity index (χ3v) is 3.78. The second-order valence-corrected chi connectivity index (χ2v) is 5.59. The van der Waals surface area contributed by atoms with Crippen LogP contribution >= 0.6 is 28.1 Å². The molecule has 5 nitrogen and oxygen atoms in total. The van der Waals surface area contributed by atoms with E-state index in [-0.39, 0.29) is 0 Å². The van der Waals surface area contributed by atoms with Crippen LogP contribution in [0, 0.1) is 4.77 Å². The standard InChI is InChI=1S/C13H12BrN5S/c1-2-12-17-18-13(20)19(12)16-7-8-6-15-11-4-3-9(14)5-10(8)11/h3-7,15H,2H2,1H3,(H,18,20). The SMILES string of the molecule is CCc1n[nH]c(=S)n1N=Cc1c[nH]c2ccc(Br)cc12. The second-order valence-electron chi connectivity index (χ2n) is 4.29. The molecule has 102 valence electrons. The van der Waals surface area contributed by atoms with Crippen LogP contribution in [0.15, 0.2) is 34.0 Å². The highest BCUT2D eigenvalue weighted by molar-refractivity contribution is 9.10. The number of aromatic amines is 2. The Balaban J connectivity index is 2.04. The summed E-state index contributed by atoms with van der Waals surface area (Å²) in [6.45, 7) is 2.01. The van der Waals surface area contributed by atoms with Crippen LogP contribution in [0.4, 0.5) is 0 Å². The minimum atomic E-state index is 0.499. The Kier molecular flexibility index (Phi) is 3.54. The molecule has 3 rings (SSSR count). The van der Waals surface area contributed by atoms with Crippen LogP contribution in [-0.2, 0) is 6.42 Å². The molecule has 0 atom stereocenters. The molecule has 0 fully saturated rings. The second kappa shape index (κ2) is 5.34.